The predicted molar refractivity (Wildman–Crippen MR) is 65.1 cm³/mol. The lowest BCUT2D eigenvalue weighted by Crippen LogP contribution is -2.00. The first-order valence-corrected chi connectivity index (χ1v) is 6.17. The first-order valence-electron chi connectivity index (χ1n) is 5.29. The Kier molecular flexibility index (Phi) is 3.82. The van der Waals surface area contributed by atoms with Crippen molar-refractivity contribution in [2.45, 2.75) is 19.3 Å². The van der Waals surface area contributed by atoms with E-state index in [4.69, 9.17) is 5.11 Å². The Hall–Kier alpha value is -1.75. The SMILES string of the molecule is O=C(O)Cc1csc(CCc2ccccn2)n1. The molecular weight excluding hydrogens is 236 g/mol. The summed E-state index contributed by atoms with van der Waals surface area (Å²) in [5.41, 5.74) is 1.67. The first kappa shape index (κ1) is 11.7. The van der Waals surface area contributed by atoms with Crippen molar-refractivity contribution in [3.63, 3.8) is 0 Å². The lowest BCUT2D eigenvalue weighted by molar-refractivity contribution is -0.136. The Bertz CT molecular complexity index is 496. The molecule has 0 aromatic carbocycles. The van der Waals surface area contributed by atoms with Crippen molar-refractivity contribution in [2.75, 3.05) is 0 Å². The summed E-state index contributed by atoms with van der Waals surface area (Å²) in [6.45, 7) is 0. The fourth-order valence-electron chi connectivity index (χ4n) is 1.48. The smallest absolute Gasteiger partial charge is 0.309 e. The van der Waals surface area contributed by atoms with Crippen molar-refractivity contribution in [2.24, 2.45) is 0 Å². The summed E-state index contributed by atoms with van der Waals surface area (Å²) in [5.74, 6) is -0.841. The van der Waals surface area contributed by atoms with Gasteiger partial charge in [-0.1, -0.05) is 6.07 Å². The molecule has 0 bridgehead atoms. The number of hydrogen-bond acceptors (Lipinski definition) is 4. The molecule has 2 aromatic rings. The van der Waals surface area contributed by atoms with Crippen LogP contribution in [0.3, 0.4) is 0 Å². The maximum absolute atomic E-state index is 10.5. The molecule has 2 heterocycles. The van der Waals surface area contributed by atoms with E-state index >= 15 is 0 Å². The first-order chi connectivity index (χ1) is 8.24. The molecule has 5 heteroatoms. The minimum absolute atomic E-state index is 0.0000863. The van der Waals surface area contributed by atoms with Crippen LogP contribution in [0.25, 0.3) is 0 Å². The molecule has 0 saturated carbocycles. The molecule has 88 valence electrons. The van der Waals surface area contributed by atoms with Gasteiger partial charge in [-0.25, -0.2) is 4.98 Å². The van der Waals surface area contributed by atoms with E-state index in [9.17, 15) is 4.79 Å². The minimum Gasteiger partial charge on any atom is -0.481 e. The molecule has 0 unspecified atom stereocenters. The average molecular weight is 248 g/mol. The molecule has 0 amide bonds. The van der Waals surface area contributed by atoms with Crippen molar-refractivity contribution in [1.29, 1.82) is 0 Å². The molecule has 0 fully saturated rings. The Morgan fingerprint density at radius 2 is 2.18 bits per heavy atom. The number of aryl methyl sites for hydroxylation is 2. The zero-order chi connectivity index (χ0) is 12.1. The van der Waals surface area contributed by atoms with Gasteiger partial charge < -0.3 is 5.11 Å². The molecule has 17 heavy (non-hydrogen) atoms. The number of carbonyl (C=O) groups is 1. The summed E-state index contributed by atoms with van der Waals surface area (Å²) in [7, 11) is 0. The highest BCUT2D eigenvalue weighted by Crippen LogP contribution is 2.12. The van der Waals surface area contributed by atoms with Crippen molar-refractivity contribution in [3.8, 4) is 0 Å². The van der Waals surface area contributed by atoms with Crippen LogP contribution < -0.4 is 0 Å². The number of thiazole rings is 1. The second-order valence-corrected chi connectivity index (χ2v) is 4.57. The second-order valence-electron chi connectivity index (χ2n) is 3.62. The number of aromatic nitrogens is 2. The van der Waals surface area contributed by atoms with Gasteiger partial charge in [0.15, 0.2) is 0 Å². The molecule has 1 N–H and O–H groups in total. The summed E-state index contributed by atoms with van der Waals surface area (Å²) >= 11 is 1.51. The van der Waals surface area contributed by atoms with Gasteiger partial charge in [0.2, 0.25) is 0 Å². The van der Waals surface area contributed by atoms with Crippen molar-refractivity contribution in [3.05, 3.63) is 46.2 Å². The summed E-state index contributed by atoms with van der Waals surface area (Å²) in [6, 6.07) is 5.82. The van der Waals surface area contributed by atoms with Crippen LogP contribution in [0, 0.1) is 0 Å². The summed E-state index contributed by atoms with van der Waals surface area (Å²) in [4.78, 5) is 19.0. The lowest BCUT2D eigenvalue weighted by Gasteiger charge is -1.96. The highest BCUT2D eigenvalue weighted by molar-refractivity contribution is 7.09. The molecule has 0 aliphatic carbocycles. The molecule has 0 radical (unpaired) electrons. The summed E-state index contributed by atoms with van der Waals surface area (Å²) < 4.78 is 0. The number of rotatable bonds is 5. The number of carboxylic acid groups (broad SMARTS) is 1. The Labute approximate surface area is 103 Å². The molecule has 0 aliphatic rings. The number of pyridine rings is 1. The van der Waals surface area contributed by atoms with Crippen LogP contribution in [0.1, 0.15) is 16.4 Å². The third-order valence-electron chi connectivity index (χ3n) is 2.25. The number of nitrogens with zero attached hydrogens (tertiary/aromatic N) is 2. The fraction of sp³-hybridized carbons (Fsp3) is 0.250. The van der Waals surface area contributed by atoms with Crippen LogP contribution in [0.4, 0.5) is 0 Å². The van der Waals surface area contributed by atoms with Gasteiger partial charge in [-0.2, -0.15) is 0 Å². The standard InChI is InChI=1S/C12H12N2O2S/c15-12(16)7-10-8-17-11(14-10)5-4-9-3-1-2-6-13-9/h1-3,6,8H,4-5,7H2,(H,15,16). The monoisotopic (exact) mass is 248 g/mol. The molecule has 0 spiro atoms. The van der Waals surface area contributed by atoms with Crippen LogP contribution in [-0.2, 0) is 24.1 Å². The van der Waals surface area contributed by atoms with Crippen LogP contribution in [0.15, 0.2) is 29.8 Å². The topological polar surface area (TPSA) is 63.1 Å². The fourth-order valence-corrected chi connectivity index (χ4v) is 2.28. The highest BCUT2D eigenvalue weighted by Gasteiger charge is 2.06. The van der Waals surface area contributed by atoms with Gasteiger partial charge in [0.25, 0.3) is 0 Å². The molecule has 0 aliphatic heterocycles. The van der Waals surface area contributed by atoms with Crippen LogP contribution >= 0.6 is 11.3 Å². The Morgan fingerprint density at radius 3 is 2.88 bits per heavy atom. The Balaban J connectivity index is 1.91. The molecule has 0 atom stereocenters. The second kappa shape index (κ2) is 5.54. The van der Waals surface area contributed by atoms with Gasteiger partial charge in [-0.3, -0.25) is 9.78 Å². The van der Waals surface area contributed by atoms with Crippen LogP contribution in [-0.4, -0.2) is 21.0 Å². The third-order valence-corrected chi connectivity index (χ3v) is 3.21. The minimum atomic E-state index is -0.841. The maximum atomic E-state index is 10.5. The van der Waals surface area contributed by atoms with E-state index in [0.29, 0.717) is 5.69 Å². The average Bonchev–Trinajstić information content (AvgIpc) is 2.75. The molecule has 2 aromatic heterocycles. The molecular formula is C12H12N2O2S. The maximum Gasteiger partial charge on any atom is 0.309 e. The van der Waals surface area contributed by atoms with Gasteiger partial charge in [-0.05, 0) is 18.6 Å². The number of carboxylic acids is 1. The van der Waals surface area contributed by atoms with Crippen molar-refractivity contribution in [1.82, 2.24) is 9.97 Å². The van der Waals surface area contributed by atoms with Gasteiger partial charge >= 0.3 is 5.97 Å². The predicted octanol–water partition coefficient (Wildman–Crippen LogP) is 1.95. The quantitative estimate of drug-likeness (QED) is 0.878. The van der Waals surface area contributed by atoms with Crippen molar-refractivity contribution >= 4 is 17.3 Å². The van der Waals surface area contributed by atoms with E-state index < -0.39 is 5.97 Å². The zero-order valence-electron chi connectivity index (χ0n) is 9.17. The lowest BCUT2D eigenvalue weighted by atomic mass is 10.2. The van der Waals surface area contributed by atoms with Crippen LogP contribution in [0.2, 0.25) is 0 Å². The van der Waals surface area contributed by atoms with E-state index in [1.807, 2.05) is 23.6 Å². The van der Waals surface area contributed by atoms with Gasteiger partial charge in [-0.15, -0.1) is 11.3 Å². The van der Waals surface area contributed by atoms with Crippen molar-refractivity contribution < 1.29 is 9.90 Å². The number of hydrogen-bond donors (Lipinski definition) is 1. The van der Waals surface area contributed by atoms with Gasteiger partial charge in [0.1, 0.15) is 0 Å². The highest BCUT2D eigenvalue weighted by atomic mass is 32.1. The van der Waals surface area contributed by atoms with Gasteiger partial charge in [0, 0.05) is 23.7 Å². The van der Waals surface area contributed by atoms with E-state index in [2.05, 4.69) is 9.97 Å². The largest absolute Gasteiger partial charge is 0.481 e. The molecule has 4 nitrogen and oxygen atoms in total. The van der Waals surface area contributed by atoms with E-state index in [1.54, 1.807) is 6.20 Å². The van der Waals surface area contributed by atoms with E-state index in [0.717, 1.165) is 23.5 Å². The summed E-state index contributed by atoms with van der Waals surface area (Å²) in [6.07, 6.45) is 3.41. The van der Waals surface area contributed by atoms with E-state index in [1.165, 1.54) is 11.3 Å². The third kappa shape index (κ3) is 3.64. The Morgan fingerprint density at radius 1 is 1.29 bits per heavy atom. The number of aliphatic carboxylic acids is 1. The summed E-state index contributed by atoms with van der Waals surface area (Å²) in [5, 5.41) is 11.4. The van der Waals surface area contributed by atoms with Crippen LogP contribution in [0.5, 0.6) is 0 Å². The van der Waals surface area contributed by atoms with Gasteiger partial charge in [0.05, 0.1) is 17.1 Å². The molecule has 0 saturated heterocycles. The van der Waals surface area contributed by atoms with E-state index in [-0.39, 0.29) is 6.42 Å². The molecule has 2 rings (SSSR count). The zero-order valence-corrected chi connectivity index (χ0v) is 9.98. The normalized spacial score (nSPS) is 10.4.